The van der Waals surface area contributed by atoms with Gasteiger partial charge in [0.25, 0.3) is 0 Å². The number of benzene rings is 1. The molecule has 0 unspecified atom stereocenters. The van der Waals surface area contributed by atoms with Crippen molar-refractivity contribution in [2.45, 2.75) is 20.8 Å². The summed E-state index contributed by atoms with van der Waals surface area (Å²) in [7, 11) is 0. The largest absolute Gasteiger partial charge is 0.461 e. The van der Waals surface area contributed by atoms with Crippen LogP contribution in [-0.4, -0.2) is 5.16 Å². The average Bonchev–Trinajstić information content (AvgIpc) is 2.99. The van der Waals surface area contributed by atoms with Gasteiger partial charge in [0.2, 0.25) is 5.76 Å². The number of nitrogens with two attached hydrogens (primary N) is 1. The molecule has 0 aliphatic rings. The maximum absolute atomic E-state index is 5.97. The lowest BCUT2D eigenvalue weighted by Crippen LogP contribution is -1.90. The first-order valence-electron chi connectivity index (χ1n) is 6.45. The molecule has 0 saturated carbocycles. The number of nitrogen functional groups attached to an aromatic ring is 1. The second-order valence-electron chi connectivity index (χ2n) is 5.00. The summed E-state index contributed by atoms with van der Waals surface area (Å²) in [6.07, 6.45) is 1.63. The molecule has 2 N–H and O–H groups in total. The fraction of sp³-hybridized carbons (Fsp3) is 0.188. The van der Waals surface area contributed by atoms with E-state index in [-0.39, 0.29) is 0 Å². The van der Waals surface area contributed by atoms with Crippen molar-refractivity contribution in [1.29, 1.82) is 0 Å². The molecule has 102 valence electrons. The Labute approximate surface area is 117 Å². The lowest BCUT2D eigenvalue weighted by Gasteiger charge is -2.05. The van der Waals surface area contributed by atoms with Gasteiger partial charge in [-0.25, -0.2) is 0 Å². The van der Waals surface area contributed by atoms with E-state index in [0.29, 0.717) is 17.3 Å². The van der Waals surface area contributed by atoms with Gasteiger partial charge in [-0.15, -0.1) is 0 Å². The van der Waals surface area contributed by atoms with Crippen molar-refractivity contribution in [3.05, 3.63) is 47.2 Å². The van der Waals surface area contributed by atoms with Gasteiger partial charge in [-0.05, 0) is 49.1 Å². The van der Waals surface area contributed by atoms with Gasteiger partial charge in [-0.1, -0.05) is 23.4 Å². The molecule has 0 bridgehead atoms. The zero-order chi connectivity index (χ0) is 14.3. The summed E-state index contributed by atoms with van der Waals surface area (Å²) in [5, 5.41) is 3.88. The van der Waals surface area contributed by atoms with Crippen LogP contribution in [0, 0.1) is 20.8 Å². The number of nitrogens with zero attached hydrogens (tertiary/aromatic N) is 1. The minimum Gasteiger partial charge on any atom is -0.461 e. The normalized spacial score (nSPS) is 10.9. The molecule has 0 saturated heterocycles. The summed E-state index contributed by atoms with van der Waals surface area (Å²) in [6, 6.07) is 8.06. The Hall–Kier alpha value is -2.49. The summed E-state index contributed by atoms with van der Waals surface area (Å²) in [6.45, 7) is 6.11. The zero-order valence-electron chi connectivity index (χ0n) is 11.7. The van der Waals surface area contributed by atoms with E-state index in [1.165, 1.54) is 11.1 Å². The highest BCUT2D eigenvalue weighted by Gasteiger charge is 2.21. The minimum absolute atomic E-state index is 0.374. The number of anilines is 1. The van der Waals surface area contributed by atoms with Crippen LogP contribution in [0.5, 0.6) is 0 Å². The molecular weight excluding hydrogens is 252 g/mol. The first kappa shape index (κ1) is 12.5. The molecule has 0 amide bonds. The van der Waals surface area contributed by atoms with Crippen LogP contribution in [0.2, 0.25) is 0 Å². The molecule has 0 fully saturated rings. The molecule has 0 radical (unpaired) electrons. The predicted octanol–water partition coefficient (Wildman–Crippen LogP) is 4.11. The second-order valence-corrected chi connectivity index (χ2v) is 5.00. The third-order valence-corrected chi connectivity index (χ3v) is 3.58. The van der Waals surface area contributed by atoms with Crippen molar-refractivity contribution < 1.29 is 8.94 Å². The van der Waals surface area contributed by atoms with Crippen LogP contribution in [0.15, 0.2) is 39.5 Å². The van der Waals surface area contributed by atoms with Crippen LogP contribution in [0.1, 0.15) is 16.7 Å². The van der Waals surface area contributed by atoms with Gasteiger partial charge < -0.3 is 14.7 Å². The third-order valence-electron chi connectivity index (χ3n) is 3.58. The number of furan rings is 1. The van der Waals surface area contributed by atoms with Gasteiger partial charge in [0, 0.05) is 0 Å². The Bertz CT molecular complexity index is 769. The standard InChI is InChI=1S/C16H16N2O2/c1-9-4-5-12(8-11(9)3)13-15(20-18-16(13)17)14-10(2)6-7-19-14/h4-8H,1-3H3,(H2,17,18). The lowest BCUT2D eigenvalue weighted by molar-refractivity contribution is 0.421. The number of rotatable bonds is 2. The summed E-state index contributed by atoms with van der Waals surface area (Å²) >= 11 is 0. The highest BCUT2D eigenvalue weighted by Crippen LogP contribution is 2.38. The van der Waals surface area contributed by atoms with Crippen LogP contribution in [-0.2, 0) is 0 Å². The average molecular weight is 268 g/mol. The van der Waals surface area contributed by atoms with Crippen molar-refractivity contribution in [2.24, 2.45) is 0 Å². The monoisotopic (exact) mass is 268 g/mol. The Balaban J connectivity index is 2.21. The molecule has 2 aromatic heterocycles. The van der Waals surface area contributed by atoms with E-state index in [9.17, 15) is 0 Å². The predicted molar refractivity (Wildman–Crippen MR) is 78.3 cm³/mol. The molecule has 4 heteroatoms. The van der Waals surface area contributed by atoms with Gasteiger partial charge in [-0.2, -0.15) is 0 Å². The first-order chi connectivity index (χ1) is 9.58. The van der Waals surface area contributed by atoms with Crippen molar-refractivity contribution in [3.8, 4) is 22.6 Å². The maximum atomic E-state index is 5.97. The SMILES string of the molecule is Cc1ccc(-c2c(N)noc2-c2occc2C)cc1C. The fourth-order valence-electron chi connectivity index (χ4n) is 2.24. The number of aromatic nitrogens is 1. The number of hydrogen-bond acceptors (Lipinski definition) is 4. The van der Waals surface area contributed by atoms with E-state index in [0.717, 1.165) is 16.7 Å². The van der Waals surface area contributed by atoms with Crippen LogP contribution in [0.25, 0.3) is 22.6 Å². The fourth-order valence-corrected chi connectivity index (χ4v) is 2.24. The van der Waals surface area contributed by atoms with Crippen molar-refractivity contribution >= 4 is 5.82 Å². The molecule has 0 aliphatic carbocycles. The summed E-state index contributed by atoms with van der Waals surface area (Å²) in [5.74, 6) is 1.62. The molecule has 2 heterocycles. The van der Waals surface area contributed by atoms with E-state index in [2.05, 4.69) is 31.1 Å². The van der Waals surface area contributed by atoms with Crippen LogP contribution in [0.4, 0.5) is 5.82 Å². The molecule has 4 nitrogen and oxygen atoms in total. The minimum atomic E-state index is 0.374. The summed E-state index contributed by atoms with van der Waals surface area (Å²) in [4.78, 5) is 0. The highest BCUT2D eigenvalue weighted by molar-refractivity contribution is 5.86. The number of hydrogen-bond donors (Lipinski definition) is 1. The van der Waals surface area contributed by atoms with Gasteiger partial charge in [0.1, 0.15) is 0 Å². The van der Waals surface area contributed by atoms with E-state index in [1.54, 1.807) is 6.26 Å². The van der Waals surface area contributed by atoms with Gasteiger partial charge in [0.15, 0.2) is 11.6 Å². The Morgan fingerprint density at radius 1 is 0.950 bits per heavy atom. The van der Waals surface area contributed by atoms with Crippen molar-refractivity contribution in [2.75, 3.05) is 5.73 Å². The molecule has 1 aromatic carbocycles. The van der Waals surface area contributed by atoms with Crippen LogP contribution in [0.3, 0.4) is 0 Å². The van der Waals surface area contributed by atoms with E-state index in [1.807, 2.05) is 19.1 Å². The quantitative estimate of drug-likeness (QED) is 0.759. The second kappa shape index (κ2) is 4.56. The smallest absolute Gasteiger partial charge is 0.212 e. The van der Waals surface area contributed by atoms with Gasteiger partial charge in [0.05, 0.1) is 11.8 Å². The van der Waals surface area contributed by atoms with Crippen molar-refractivity contribution in [3.63, 3.8) is 0 Å². The molecule has 3 rings (SSSR count). The number of aryl methyl sites for hydroxylation is 3. The highest BCUT2D eigenvalue weighted by atomic mass is 16.5. The zero-order valence-corrected chi connectivity index (χ0v) is 11.7. The molecular formula is C16H16N2O2. The Morgan fingerprint density at radius 3 is 2.40 bits per heavy atom. The molecule has 0 atom stereocenters. The van der Waals surface area contributed by atoms with Gasteiger partial charge >= 0.3 is 0 Å². The van der Waals surface area contributed by atoms with Crippen LogP contribution < -0.4 is 5.73 Å². The molecule has 0 aliphatic heterocycles. The van der Waals surface area contributed by atoms with E-state index in [4.69, 9.17) is 14.7 Å². The van der Waals surface area contributed by atoms with Gasteiger partial charge in [-0.3, -0.25) is 0 Å². The lowest BCUT2D eigenvalue weighted by atomic mass is 9.99. The van der Waals surface area contributed by atoms with Crippen molar-refractivity contribution in [1.82, 2.24) is 5.16 Å². The summed E-state index contributed by atoms with van der Waals surface area (Å²) in [5.41, 5.74) is 11.2. The first-order valence-corrected chi connectivity index (χ1v) is 6.45. The summed E-state index contributed by atoms with van der Waals surface area (Å²) < 4.78 is 10.9. The molecule has 20 heavy (non-hydrogen) atoms. The third kappa shape index (κ3) is 1.90. The Morgan fingerprint density at radius 2 is 1.75 bits per heavy atom. The molecule has 3 aromatic rings. The van der Waals surface area contributed by atoms with E-state index >= 15 is 0 Å². The molecule has 0 spiro atoms. The van der Waals surface area contributed by atoms with E-state index < -0.39 is 0 Å². The van der Waals surface area contributed by atoms with Crippen LogP contribution >= 0.6 is 0 Å². The topological polar surface area (TPSA) is 65.2 Å². The maximum Gasteiger partial charge on any atom is 0.212 e. The Kier molecular flexibility index (Phi) is 2.86.